The van der Waals surface area contributed by atoms with Gasteiger partial charge in [-0.1, -0.05) is 50.6 Å². The van der Waals surface area contributed by atoms with Crippen molar-refractivity contribution >= 4 is 40.7 Å². The third-order valence-electron chi connectivity index (χ3n) is 9.94. The fraction of sp³-hybridized carbons (Fsp3) is 0.552. The molecule has 7 heteroatoms. The summed E-state index contributed by atoms with van der Waals surface area (Å²) in [4.78, 5) is 37.9. The van der Waals surface area contributed by atoms with Crippen molar-refractivity contribution in [1.82, 2.24) is 0 Å². The largest absolute Gasteiger partial charge is 0.447 e. The van der Waals surface area contributed by atoms with Crippen molar-refractivity contribution in [3.63, 3.8) is 0 Å². The third-order valence-corrected chi connectivity index (χ3v) is 11.1. The molecule has 0 bridgehead atoms. The van der Waals surface area contributed by atoms with Crippen molar-refractivity contribution in [1.29, 1.82) is 0 Å². The number of carbonyl (C=O) groups excluding carboxylic acids is 3. The number of aliphatic hydroxyl groups excluding tert-OH is 1. The van der Waals surface area contributed by atoms with E-state index in [0.717, 1.165) is 5.57 Å². The van der Waals surface area contributed by atoms with Crippen LogP contribution in [0.5, 0.6) is 0 Å². The maximum absolute atomic E-state index is 13.5. The SMILES string of the molecule is CC1C[C@H]2[C@@H]3CC[C@](OC(=O)c4ccccc4)(C(=O)CCl)[C@@]3(C)CC(O)[C@]2(Cl)[C@@]2(C)C=CC(=O)C=C12. The average molecular weight is 531 g/mol. The fourth-order valence-electron chi connectivity index (χ4n) is 8.17. The molecule has 36 heavy (non-hydrogen) atoms. The highest BCUT2D eigenvalue weighted by Crippen LogP contribution is 2.71. The van der Waals surface area contributed by atoms with Gasteiger partial charge >= 0.3 is 5.97 Å². The summed E-state index contributed by atoms with van der Waals surface area (Å²) in [6.45, 7) is 6.05. The zero-order valence-electron chi connectivity index (χ0n) is 20.8. The number of allylic oxidation sites excluding steroid dienone is 4. The van der Waals surface area contributed by atoms with Gasteiger partial charge in [-0.3, -0.25) is 9.59 Å². The Morgan fingerprint density at radius 1 is 1.17 bits per heavy atom. The first kappa shape index (κ1) is 25.7. The number of fused-ring (bicyclic) bond motifs is 5. The van der Waals surface area contributed by atoms with Gasteiger partial charge < -0.3 is 9.84 Å². The number of esters is 1. The van der Waals surface area contributed by atoms with E-state index in [0.29, 0.717) is 24.8 Å². The molecule has 0 heterocycles. The standard InChI is InChI=1S/C29H32Cl2O5/c1-17-13-22-20-10-12-28(24(34)16-30,36-25(35)18-7-5-4-6-8-18)27(20,3)15-23(33)29(22,31)26(2)11-9-19(32)14-21(17)26/h4-9,11,14,17,20,22-23,33H,10,12-13,15-16H2,1-3H3/t17?,20-,22-,23?,26-,27-,28-,29-/m0/s1. The second-order valence-electron chi connectivity index (χ2n) is 11.5. The minimum atomic E-state index is -1.45. The Kier molecular flexibility index (Phi) is 6.09. The van der Waals surface area contributed by atoms with E-state index in [1.807, 2.05) is 26.0 Å². The third kappa shape index (κ3) is 3.21. The summed E-state index contributed by atoms with van der Waals surface area (Å²) in [7, 11) is 0. The lowest BCUT2D eigenvalue weighted by Crippen LogP contribution is -2.69. The number of Topliss-reactive ketones (excluding diaryl/α,β-unsaturated/α-hetero) is 1. The number of ketones is 2. The van der Waals surface area contributed by atoms with Crippen LogP contribution in [0.15, 0.2) is 54.1 Å². The highest BCUT2D eigenvalue weighted by Gasteiger charge is 2.75. The molecule has 4 aliphatic rings. The molecule has 5 nitrogen and oxygen atoms in total. The lowest BCUT2D eigenvalue weighted by atomic mass is 9.44. The molecular formula is C29H32Cl2O5. The van der Waals surface area contributed by atoms with E-state index in [2.05, 4.69) is 6.92 Å². The highest BCUT2D eigenvalue weighted by atomic mass is 35.5. The summed E-state index contributed by atoms with van der Waals surface area (Å²) >= 11 is 13.6. The molecule has 0 aromatic heterocycles. The molecule has 1 aromatic carbocycles. The van der Waals surface area contributed by atoms with E-state index >= 15 is 0 Å². The van der Waals surface area contributed by atoms with Gasteiger partial charge in [0.1, 0.15) is 0 Å². The number of alkyl halides is 2. The number of benzene rings is 1. The van der Waals surface area contributed by atoms with Crippen LogP contribution in [0.1, 0.15) is 56.8 Å². The summed E-state index contributed by atoms with van der Waals surface area (Å²) in [5.74, 6) is -1.44. The van der Waals surface area contributed by atoms with Gasteiger partial charge in [0.15, 0.2) is 17.2 Å². The molecule has 0 saturated heterocycles. The van der Waals surface area contributed by atoms with Crippen LogP contribution in [0, 0.1) is 28.6 Å². The zero-order valence-corrected chi connectivity index (χ0v) is 22.3. The smallest absolute Gasteiger partial charge is 0.339 e. The van der Waals surface area contributed by atoms with Crippen LogP contribution < -0.4 is 0 Å². The summed E-state index contributed by atoms with van der Waals surface area (Å²) in [6, 6.07) is 8.61. The molecule has 2 unspecified atom stereocenters. The Bertz CT molecular complexity index is 1180. The Morgan fingerprint density at radius 2 is 1.86 bits per heavy atom. The lowest BCUT2D eigenvalue weighted by molar-refractivity contribution is -0.172. The molecule has 0 aliphatic heterocycles. The van der Waals surface area contributed by atoms with E-state index in [-0.39, 0.29) is 41.6 Å². The van der Waals surface area contributed by atoms with E-state index in [1.165, 1.54) is 0 Å². The van der Waals surface area contributed by atoms with Crippen LogP contribution >= 0.6 is 23.2 Å². The van der Waals surface area contributed by atoms with Gasteiger partial charge in [0.2, 0.25) is 0 Å². The molecule has 4 aliphatic carbocycles. The van der Waals surface area contributed by atoms with Crippen molar-refractivity contribution in [2.45, 2.75) is 63.0 Å². The quantitative estimate of drug-likeness (QED) is 0.423. The van der Waals surface area contributed by atoms with Gasteiger partial charge in [0.05, 0.1) is 22.4 Å². The van der Waals surface area contributed by atoms with Crippen LogP contribution in [0.25, 0.3) is 0 Å². The topological polar surface area (TPSA) is 80.7 Å². The van der Waals surface area contributed by atoms with E-state index in [9.17, 15) is 19.5 Å². The monoisotopic (exact) mass is 530 g/mol. The zero-order chi connectivity index (χ0) is 26.1. The molecule has 3 saturated carbocycles. The number of carbonyl (C=O) groups is 3. The predicted octanol–water partition coefficient (Wildman–Crippen LogP) is 5.28. The molecule has 3 fully saturated rings. The van der Waals surface area contributed by atoms with Crippen LogP contribution in [-0.2, 0) is 14.3 Å². The Balaban J connectivity index is 1.59. The second kappa shape index (κ2) is 8.54. The molecular weight excluding hydrogens is 499 g/mol. The van der Waals surface area contributed by atoms with Gasteiger partial charge in [-0.2, -0.15) is 0 Å². The summed E-state index contributed by atoms with van der Waals surface area (Å²) in [5, 5.41) is 11.8. The predicted molar refractivity (Wildman–Crippen MR) is 138 cm³/mol. The maximum Gasteiger partial charge on any atom is 0.339 e. The number of ether oxygens (including phenoxy) is 1. The van der Waals surface area contributed by atoms with E-state index in [4.69, 9.17) is 27.9 Å². The minimum Gasteiger partial charge on any atom is -0.447 e. The van der Waals surface area contributed by atoms with Crippen molar-refractivity contribution in [2.24, 2.45) is 28.6 Å². The van der Waals surface area contributed by atoms with Crippen LogP contribution in [0.2, 0.25) is 0 Å². The van der Waals surface area contributed by atoms with Crippen molar-refractivity contribution in [3.8, 4) is 0 Å². The van der Waals surface area contributed by atoms with Crippen LogP contribution in [0.3, 0.4) is 0 Å². The van der Waals surface area contributed by atoms with Crippen molar-refractivity contribution < 1.29 is 24.2 Å². The second-order valence-corrected chi connectivity index (χ2v) is 12.4. The number of halogens is 2. The molecule has 5 rings (SSSR count). The minimum absolute atomic E-state index is 0.0661. The molecule has 1 N–H and O–H groups in total. The summed E-state index contributed by atoms with van der Waals surface area (Å²) in [5.41, 5.74) is -1.71. The van der Waals surface area contributed by atoms with Crippen LogP contribution in [-0.4, -0.2) is 45.1 Å². The number of hydrogen-bond acceptors (Lipinski definition) is 5. The van der Waals surface area contributed by atoms with Crippen molar-refractivity contribution in [2.75, 3.05) is 5.88 Å². The first-order chi connectivity index (χ1) is 16.9. The Labute approximate surface area is 221 Å². The Hall–Kier alpha value is -1.95. The van der Waals surface area contributed by atoms with E-state index in [1.54, 1.807) is 36.4 Å². The number of hydrogen-bond donors (Lipinski definition) is 1. The summed E-state index contributed by atoms with van der Waals surface area (Å²) < 4.78 is 6.15. The first-order valence-corrected chi connectivity index (χ1v) is 13.6. The molecule has 1 aromatic rings. The molecule has 0 radical (unpaired) electrons. The average Bonchev–Trinajstić information content (AvgIpc) is 3.14. The lowest BCUT2D eigenvalue weighted by Gasteiger charge is -2.65. The maximum atomic E-state index is 13.5. The molecule has 0 amide bonds. The molecule has 8 atom stereocenters. The summed E-state index contributed by atoms with van der Waals surface area (Å²) in [6.07, 6.45) is 5.87. The van der Waals surface area contributed by atoms with E-state index < -0.39 is 33.4 Å². The normalized spacial score (nSPS) is 43.2. The van der Waals surface area contributed by atoms with Gasteiger partial charge in [-0.05, 0) is 67.7 Å². The van der Waals surface area contributed by atoms with Crippen molar-refractivity contribution in [3.05, 3.63) is 59.7 Å². The number of rotatable bonds is 4. The highest BCUT2D eigenvalue weighted by molar-refractivity contribution is 6.29. The Morgan fingerprint density at radius 3 is 2.53 bits per heavy atom. The van der Waals surface area contributed by atoms with Crippen LogP contribution in [0.4, 0.5) is 0 Å². The first-order valence-electron chi connectivity index (χ1n) is 12.6. The van der Waals surface area contributed by atoms with Gasteiger partial charge in [-0.25, -0.2) is 4.79 Å². The van der Waals surface area contributed by atoms with Gasteiger partial charge in [0.25, 0.3) is 0 Å². The van der Waals surface area contributed by atoms with Gasteiger partial charge in [-0.15, -0.1) is 23.2 Å². The molecule has 192 valence electrons. The fourth-order valence-corrected chi connectivity index (χ4v) is 8.88. The molecule has 0 spiro atoms. The van der Waals surface area contributed by atoms with Gasteiger partial charge in [0, 0.05) is 10.8 Å². The number of aliphatic hydroxyl groups is 1.